The average molecular weight is 1050 g/mol. The van der Waals surface area contributed by atoms with Crippen LogP contribution in [0.5, 0.6) is 0 Å². The molecule has 3 aromatic heterocycles. The van der Waals surface area contributed by atoms with Gasteiger partial charge in [0.1, 0.15) is 9.71 Å². The highest BCUT2D eigenvalue weighted by atomic mass is 79.9. The fourth-order valence-corrected chi connectivity index (χ4v) is 13.5. The Morgan fingerprint density at radius 2 is 1.52 bits per heavy atom. The van der Waals surface area contributed by atoms with Gasteiger partial charge in [-0.1, -0.05) is 37.9 Å². The maximum Gasteiger partial charge on any atom is 0.263 e. The van der Waals surface area contributed by atoms with Gasteiger partial charge in [0.2, 0.25) is 5.91 Å². The number of likely N-dealkylation sites (tertiary alicyclic amines) is 1. The van der Waals surface area contributed by atoms with Crippen LogP contribution in [0.25, 0.3) is 32.0 Å². The number of hydrogen-bond acceptors (Lipinski definition) is 10. The fraction of sp³-hybridized carbons (Fsp3) is 0.481. The summed E-state index contributed by atoms with van der Waals surface area (Å²) in [5, 5.41) is 21.6. The third kappa shape index (κ3) is 9.63. The molecule has 7 heterocycles. The van der Waals surface area contributed by atoms with Gasteiger partial charge < -0.3 is 40.7 Å². The molecule has 6 aromatic rings. The molecule has 4 saturated heterocycles. The number of carbonyl (C=O) groups excluding carboxylic acids is 2. The molecule has 2 bridgehead atoms. The molecule has 0 radical (unpaired) electrons. The number of hydrogen-bond donors (Lipinski definition) is 4. The number of carbonyl (C=O) groups is 2. The molecule has 1 aliphatic carbocycles. The molecule has 67 heavy (non-hydrogen) atoms. The topological polar surface area (TPSA) is 135 Å². The summed E-state index contributed by atoms with van der Waals surface area (Å²) in [7, 11) is 0. The highest BCUT2D eigenvalue weighted by Gasteiger charge is 2.34. The molecule has 11 rings (SSSR count). The second-order valence-electron chi connectivity index (χ2n) is 19.8. The SMILES string of the molecule is Nc1c(C(=O)N[C@H]2CCc3cc(N4C[C@H]5CC[C@@H](C4)N5)ccc3C2)sc2nc(CCCN3CCC(C(=O)N4CCN(CC(O)Cn5c6ccc(Br)cc6c6cc(Br)ccc65)CC4)CC3)ccc12. The zero-order chi connectivity index (χ0) is 45.8. The van der Waals surface area contributed by atoms with Crippen LogP contribution < -0.4 is 21.3 Å². The zero-order valence-electron chi connectivity index (χ0n) is 38.1. The number of nitrogens with two attached hydrogens (primary N) is 1. The number of aromatic nitrogens is 2. The van der Waals surface area contributed by atoms with Gasteiger partial charge in [0.15, 0.2) is 0 Å². The third-order valence-corrected chi connectivity index (χ3v) is 17.5. The first-order valence-corrected chi connectivity index (χ1v) is 26.9. The van der Waals surface area contributed by atoms with Gasteiger partial charge in [0.05, 0.1) is 18.3 Å². The first-order valence-electron chi connectivity index (χ1n) is 24.5. The largest absolute Gasteiger partial charge is 0.397 e. The molecule has 0 spiro atoms. The summed E-state index contributed by atoms with van der Waals surface area (Å²) in [5.74, 6) is 0.263. The number of fused-ring (bicyclic) bond motifs is 7. The van der Waals surface area contributed by atoms with E-state index in [0.29, 0.717) is 54.7 Å². The van der Waals surface area contributed by atoms with E-state index >= 15 is 0 Å². The summed E-state index contributed by atoms with van der Waals surface area (Å²) in [5.41, 5.74) is 14.4. The molecule has 0 saturated carbocycles. The Bertz CT molecular complexity index is 2740. The standard InChI is InChI=1S/C52H61Br2N9O3S/c53-35-5-13-46-44(26-35)45-27-36(54)6-14-47(45)63(46)31-42(64)30-60-20-22-61(23-21-60)52(66)32-15-18-59(19-16-32)17-1-2-37-10-12-43-48(55)49(67-51(43)58-37)50(65)57-38-7-3-34-25-41(11-4-33(34)24-38)62-28-39-8-9-40(29-62)56-39/h4-6,10-14,25-27,32,38-40,42,56,64H,1-3,7-9,15-24,28-31,55H2,(H,57,65)/t38-,39-,40+,42?/m0/s1. The van der Waals surface area contributed by atoms with E-state index < -0.39 is 6.10 Å². The van der Waals surface area contributed by atoms with Crippen molar-refractivity contribution in [1.29, 1.82) is 0 Å². The number of piperazine rings is 2. The van der Waals surface area contributed by atoms with Crippen LogP contribution in [0.3, 0.4) is 0 Å². The minimum atomic E-state index is -0.532. The number of aliphatic hydroxyl groups is 1. The normalized spacial score (nSPS) is 22.2. The monoisotopic (exact) mass is 1050 g/mol. The Labute approximate surface area is 413 Å². The molecule has 12 nitrogen and oxygen atoms in total. The number of pyridine rings is 1. The van der Waals surface area contributed by atoms with E-state index in [0.717, 1.165) is 137 Å². The smallest absolute Gasteiger partial charge is 0.263 e. The number of rotatable bonds is 12. The van der Waals surface area contributed by atoms with Crippen molar-refractivity contribution in [3.05, 3.63) is 97.4 Å². The van der Waals surface area contributed by atoms with Crippen LogP contribution in [0.2, 0.25) is 0 Å². The van der Waals surface area contributed by atoms with Crippen molar-refractivity contribution in [3.8, 4) is 0 Å². The molecular weight excluding hydrogens is 991 g/mol. The van der Waals surface area contributed by atoms with Gasteiger partial charge >= 0.3 is 0 Å². The maximum atomic E-state index is 13.7. The van der Waals surface area contributed by atoms with Crippen molar-refractivity contribution < 1.29 is 14.7 Å². The number of aliphatic hydroxyl groups excluding tert-OH is 1. The lowest BCUT2D eigenvalue weighted by molar-refractivity contribution is -0.139. The van der Waals surface area contributed by atoms with Crippen molar-refractivity contribution in [2.45, 2.75) is 88.6 Å². The maximum absolute atomic E-state index is 13.7. The van der Waals surface area contributed by atoms with Gasteiger partial charge in [-0.25, -0.2) is 4.98 Å². The summed E-state index contributed by atoms with van der Waals surface area (Å²) in [6.07, 6.45) is 8.35. The number of nitrogens with zero attached hydrogens (tertiary/aromatic N) is 6. The van der Waals surface area contributed by atoms with E-state index in [4.69, 9.17) is 10.7 Å². The zero-order valence-corrected chi connectivity index (χ0v) is 42.1. The number of thiophene rings is 1. The summed E-state index contributed by atoms with van der Waals surface area (Å²) < 4.78 is 4.30. The van der Waals surface area contributed by atoms with Crippen LogP contribution in [0.1, 0.15) is 65.0 Å². The minimum Gasteiger partial charge on any atom is -0.397 e. The van der Waals surface area contributed by atoms with E-state index in [1.165, 1.54) is 41.0 Å². The average Bonchev–Trinajstić information content (AvgIpc) is 3.96. The van der Waals surface area contributed by atoms with E-state index in [-0.39, 0.29) is 17.9 Å². The molecule has 3 aromatic carbocycles. The van der Waals surface area contributed by atoms with Gasteiger partial charge in [-0.05, 0) is 149 Å². The van der Waals surface area contributed by atoms with Gasteiger partial charge in [-0.3, -0.25) is 14.5 Å². The van der Waals surface area contributed by atoms with Gasteiger partial charge in [-0.2, -0.15) is 0 Å². The number of benzene rings is 3. The molecule has 352 valence electrons. The van der Waals surface area contributed by atoms with Crippen molar-refractivity contribution in [2.24, 2.45) is 5.92 Å². The second kappa shape index (κ2) is 19.4. The number of aryl methyl sites for hydroxylation is 2. The van der Waals surface area contributed by atoms with Crippen LogP contribution in [-0.2, 0) is 30.6 Å². The molecule has 5 N–H and O–H groups in total. The number of halogens is 2. The van der Waals surface area contributed by atoms with Crippen LogP contribution in [0, 0.1) is 5.92 Å². The molecule has 4 atom stereocenters. The summed E-state index contributed by atoms with van der Waals surface area (Å²) in [4.78, 5) is 43.1. The highest BCUT2D eigenvalue weighted by Crippen LogP contribution is 2.36. The first kappa shape index (κ1) is 45.4. The Hall–Kier alpha value is -4.09. The van der Waals surface area contributed by atoms with Crippen molar-refractivity contribution in [3.63, 3.8) is 0 Å². The number of β-amino-alcohol motifs (C(OH)–C–C–N with tert-alkyl or cyclic N) is 1. The number of nitrogens with one attached hydrogen (secondary N) is 2. The predicted molar refractivity (Wildman–Crippen MR) is 277 cm³/mol. The molecule has 1 unspecified atom stereocenters. The number of anilines is 2. The Kier molecular flexibility index (Phi) is 13.1. The number of piperidine rings is 1. The molecule has 4 aliphatic heterocycles. The van der Waals surface area contributed by atoms with E-state index in [2.05, 4.69) is 127 Å². The van der Waals surface area contributed by atoms with Crippen molar-refractivity contribution >= 4 is 98.4 Å². The number of amides is 2. The van der Waals surface area contributed by atoms with Crippen molar-refractivity contribution in [1.82, 2.24) is 34.9 Å². The third-order valence-electron chi connectivity index (χ3n) is 15.4. The second-order valence-corrected chi connectivity index (χ2v) is 22.7. The van der Waals surface area contributed by atoms with Crippen LogP contribution in [-0.4, -0.2) is 131 Å². The van der Waals surface area contributed by atoms with Gasteiger partial charge in [0.25, 0.3) is 5.91 Å². The molecule has 2 amide bonds. The van der Waals surface area contributed by atoms with Crippen LogP contribution in [0.4, 0.5) is 11.4 Å². The van der Waals surface area contributed by atoms with E-state index in [9.17, 15) is 14.7 Å². The fourth-order valence-electron chi connectivity index (χ4n) is 11.8. The minimum absolute atomic E-state index is 0.0724. The molecular formula is C52H61Br2N9O3S. The summed E-state index contributed by atoms with van der Waals surface area (Å²) in [6.45, 7) is 9.04. The van der Waals surface area contributed by atoms with Crippen molar-refractivity contribution in [2.75, 3.05) is 76.1 Å². The number of nitrogen functional groups attached to an aromatic ring is 1. The molecule has 15 heteroatoms. The van der Waals surface area contributed by atoms with Gasteiger partial charge in [-0.15, -0.1) is 11.3 Å². The molecule has 4 fully saturated rings. The molecule has 5 aliphatic rings. The van der Waals surface area contributed by atoms with E-state index in [1.807, 2.05) is 6.07 Å². The quantitative estimate of drug-likeness (QED) is 0.0979. The van der Waals surface area contributed by atoms with E-state index in [1.54, 1.807) is 0 Å². The lowest BCUT2D eigenvalue weighted by atomic mass is 9.87. The predicted octanol–water partition coefficient (Wildman–Crippen LogP) is 7.59. The lowest BCUT2D eigenvalue weighted by Crippen LogP contribution is -2.53. The van der Waals surface area contributed by atoms with Crippen LogP contribution >= 0.6 is 43.2 Å². The van der Waals surface area contributed by atoms with Gasteiger partial charge in [0, 0.05) is 117 Å². The Morgan fingerprint density at radius 3 is 2.24 bits per heavy atom. The summed E-state index contributed by atoms with van der Waals surface area (Å²) in [6, 6.07) is 25.0. The Balaban J connectivity index is 0.610. The van der Waals surface area contributed by atoms with Crippen LogP contribution in [0.15, 0.2) is 75.7 Å². The highest BCUT2D eigenvalue weighted by molar-refractivity contribution is 9.10. The summed E-state index contributed by atoms with van der Waals surface area (Å²) >= 11 is 8.66. The first-order chi connectivity index (χ1) is 32.6. The lowest BCUT2D eigenvalue weighted by Gasteiger charge is -2.39. The Morgan fingerprint density at radius 1 is 0.806 bits per heavy atom.